The number of nitrogens with zero attached hydrogens (tertiary/aromatic N) is 3. The van der Waals surface area contributed by atoms with Gasteiger partial charge in [-0.2, -0.15) is 13.2 Å². The second kappa shape index (κ2) is 8.09. The van der Waals surface area contributed by atoms with E-state index in [1.807, 2.05) is 0 Å². The monoisotopic (exact) mass is 437 g/mol. The second-order valence-electron chi connectivity index (χ2n) is 8.23. The lowest BCUT2D eigenvalue weighted by molar-refractivity contribution is -0.139. The number of amides is 2. The molecule has 1 fully saturated rings. The summed E-state index contributed by atoms with van der Waals surface area (Å²) in [4.78, 5) is 32.4. The summed E-state index contributed by atoms with van der Waals surface area (Å²) in [6.45, 7) is 3.59. The lowest BCUT2D eigenvalue weighted by atomic mass is 9.86. The SMILES string of the molecule is CC(=O)N1CCC2=C(CN=C2C(=O)N2CCC(c3ccc(F)cc3C(F)(F)F)CC2)C1. The molecule has 3 aliphatic rings. The Labute approximate surface area is 177 Å². The van der Waals surface area contributed by atoms with Crippen LogP contribution in [0.1, 0.15) is 43.2 Å². The maximum atomic E-state index is 13.4. The molecule has 31 heavy (non-hydrogen) atoms. The summed E-state index contributed by atoms with van der Waals surface area (Å²) >= 11 is 0. The van der Waals surface area contributed by atoms with Crippen LogP contribution in [0.4, 0.5) is 17.6 Å². The number of alkyl halides is 3. The molecule has 1 saturated heterocycles. The fourth-order valence-electron chi connectivity index (χ4n) is 4.67. The van der Waals surface area contributed by atoms with Crippen molar-refractivity contribution in [2.75, 3.05) is 32.7 Å². The van der Waals surface area contributed by atoms with Crippen LogP contribution in [0.25, 0.3) is 0 Å². The predicted octanol–water partition coefficient (Wildman–Crippen LogP) is 3.55. The number of halogens is 4. The predicted molar refractivity (Wildman–Crippen MR) is 106 cm³/mol. The van der Waals surface area contributed by atoms with Gasteiger partial charge in [-0.05, 0) is 54.0 Å². The fraction of sp³-hybridized carbons (Fsp3) is 0.500. The third kappa shape index (κ3) is 4.22. The number of hydrogen-bond donors (Lipinski definition) is 0. The van der Waals surface area contributed by atoms with Crippen LogP contribution in [0.3, 0.4) is 0 Å². The molecule has 0 bridgehead atoms. The maximum Gasteiger partial charge on any atom is 0.416 e. The van der Waals surface area contributed by atoms with Gasteiger partial charge in [0.05, 0.1) is 12.1 Å². The minimum atomic E-state index is -4.62. The van der Waals surface area contributed by atoms with E-state index in [0.717, 1.165) is 17.2 Å². The van der Waals surface area contributed by atoms with E-state index in [0.29, 0.717) is 63.8 Å². The van der Waals surface area contributed by atoms with Crippen LogP contribution in [-0.4, -0.2) is 60.0 Å². The van der Waals surface area contributed by atoms with Crippen molar-refractivity contribution < 1.29 is 27.2 Å². The van der Waals surface area contributed by atoms with Crippen LogP contribution in [0, 0.1) is 5.82 Å². The summed E-state index contributed by atoms with van der Waals surface area (Å²) in [6.07, 6.45) is -3.30. The number of aliphatic imine (C=N–C) groups is 1. The van der Waals surface area contributed by atoms with Gasteiger partial charge in [0, 0.05) is 33.1 Å². The van der Waals surface area contributed by atoms with Crippen LogP contribution in [0.2, 0.25) is 0 Å². The molecule has 0 atom stereocenters. The van der Waals surface area contributed by atoms with E-state index in [1.165, 1.54) is 13.0 Å². The minimum absolute atomic E-state index is 0.00702. The van der Waals surface area contributed by atoms with Gasteiger partial charge in [-0.25, -0.2) is 4.39 Å². The number of rotatable bonds is 2. The van der Waals surface area contributed by atoms with E-state index in [1.54, 1.807) is 9.80 Å². The quantitative estimate of drug-likeness (QED) is 0.665. The van der Waals surface area contributed by atoms with Gasteiger partial charge < -0.3 is 9.80 Å². The van der Waals surface area contributed by atoms with Gasteiger partial charge in [0.25, 0.3) is 5.91 Å². The van der Waals surface area contributed by atoms with Crippen LogP contribution in [0.15, 0.2) is 34.3 Å². The Morgan fingerprint density at radius 3 is 2.45 bits per heavy atom. The van der Waals surface area contributed by atoms with E-state index in [2.05, 4.69) is 4.99 Å². The first-order valence-electron chi connectivity index (χ1n) is 10.3. The Morgan fingerprint density at radius 1 is 1.10 bits per heavy atom. The molecule has 166 valence electrons. The molecule has 1 aromatic carbocycles. The van der Waals surface area contributed by atoms with Gasteiger partial charge in [-0.15, -0.1) is 0 Å². The van der Waals surface area contributed by atoms with Crippen LogP contribution >= 0.6 is 0 Å². The number of likely N-dealkylation sites (tertiary alicyclic amines) is 1. The molecule has 0 saturated carbocycles. The first-order chi connectivity index (χ1) is 14.6. The highest BCUT2D eigenvalue weighted by Gasteiger charge is 2.38. The Bertz CT molecular complexity index is 975. The molecule has 0 aliphatic carbocycles. The molecule has 0 aromatic heterocycles. The number of benzene rings is 1. The van der Waals surface area contributed by atoms with Crippen molar-refractivity contribution in [3.05, 3.63) is 46.3 Å². The van der Waals surface area contributed by atoms with Crippen molar-refractivity contribution in [1.29, 1.82) is 0 Å². The lowest BCUT2D eigenvalue weighted by Crippen LogP contribution is -2.43. The largest absolute Gasteiger partial charge is 0.416 e. The molecule has 3 heterocycles. The molecule has 0 spiro atoms. The zero-order chi connectivity index (χ0) is 22.3. The molecular weight excluding hydrogens is 414 g/mol. The first-order valence-corrected chi connectivity index (χ1v) is 10.3. The van der Waals surface area contributed by atoms with Crippen LogP contribution < -0.4 is 0 Å². The summed E-state index contributed by atoms with van der Waals surface area (Å²) in [5.41, 5.74) is 1.46. The highest BCUT2D eigenvalue weighted by Crippen LogP contribution is 2.39. The third-order valence-corrected chi connectivity index (χ3v) is 6.34. The molecule has 9 heteroatoms. The highest BCUT2D eigenvalue weighted by molar-refractivity contribution is 6.46. The third-order valence-electron chi connectivity index (χ3n) is 6.34. The average Bonchev–Trinajstić information content (AvgIpc) is 3.16. The summed E-state index contributed by atoms with van der Waals surface area (Å²) < 4.78 is 53.5. The van der Waals surface area contributed by atoms with Crippen molar-refractivity contribution in [3.63, 3.8) is 0 Å². The normalized spacial score (nSPS) is 20.1. The van der Waals surface area contributed by atoms with Gasteiger partial charge >= 0.3 is 6.18 Å². The van der Waals surface area contributed by atoms with Crippen molar-refractivity contribution in [2.24, 2.45) is 4.99 Å². The maximum absolute atomic E-state index is 13.4. The molecule has 2 amide bonds. The summed E-state index contributed by atoms with van der Waals surface area (Å²) in [5.74, 6) is -1.51. The summed E-state index contributed by atoms with van der Waals surface area (Å²) in [6, 6.07) is 2.81. The Balaban J connectivity index is 1.44. The fourth-order valence-corrected chi connectivity index (χ4v) is 4.67. The summed E-state index contributed by atoms with van der Waals surface area (Å²) in [7, 11) is 0. The molecule has 1 aromatic rings. The molecular formula is C22H23F4N3O2. The van der Waals surface area contributed by atoms with E-state index in [9.17, 15) is 27.2 Å². The summed E-state index contributed by atoms with van der Waals surface area (Å²) in [5, 5.41) is 0. The lowest BCUT2D eigenvalue weighted by Gasteiger charge is -2.34. The standard InChI is InChI=1S/C22H23F4N3O2/c1-13(30)29-9-6-18-15(12-29)11-27-20(18)21(31)28-7-4-14(5-8-28)17-3-2-16(23)10-19(17)22(24,25)26/h2-3,10,14H,4-9,11-12H2,1H3. The molecule has 3 aliphatic heterocycles. The first kappa shape index (κ1) is 21.5. The van der Waals surface area contributed by atoms with Gasteiger partial charge in [-0.3, -0.25) is 14.6 Å². The van der Waals surface area contributed by atoms with Crippen molar-refractivity contribution >= 4 is 17.5 Å². The number of piperidine rings is 1. The van der Waals surface area contributed by atoms with Crippen molar-refractivity contribution in [1.82, 2.24) is 9.80 Å². The van der Waals surface area contributed by atoms with E-state index >= 15 is 0 Å². The Kier molecular flexibility index (Phi) is 5.61. The Morgan fingerprint density at radius 2 is 1.81 bits per heavy atom. The second-order valence-corrected chi connectivity index (χ2v) is 8.23. The zero-order valence-electron chi connectivity index (χ0n) is 17.1. The van der Waals surface area contributed by atoms with E-state index in [-0.39, 0.29) is 23.3 Å². The molecule has 0 radical (unpaired) electrons. The average molecular weight is 437 g/mol. The molecule has 5 nitrogen and oxygen atoms in total. The zero-order valence-corrected chi connectivity index (χ0v) is 17.1. The van der Waals surface area contributed by atoms with Crippen LogP contribution in [0.5, 0.6) is 0 Å². The number of hydrogen-bond acceptors (Lipinski definition) is 3. The van der Waals surface area contributed by atoms with Gasteiger partial charge in [0.1, 0.15) is 11.5 Å². The molecule has 4 rings (SSSR count). The van der Waals surface area contributed by atoms with Crippen LogP contribution in [-0.2, 0) is 15.8 Å². The number of carbonyl (C=O) groups is 2. The van der Waals surface area contributed by atoms with Gasteiger partial charge in [-0.1, -0.05) is 6.07 Å². The van der Waals surface area contributed by atoms with E-state index < -0.39 is 17.6 Å². The Hall–Kier alpha value is -2.71. The topological polar surface area (TPSA) is 53.0 Å². The minimum Gasteiger partial charge on any atom is -0.339 e. The van der Waals surface area contributed by atoms with Gasteiger partial charge in [0.2, 0.25) is 5.91 Å². The van der Waals surface area contributed by atoms with Gasteiger partial charge in [0.15, 0.2) is 0 Å². The van der Waals surface area contributed by atoms with Crippen molar-refractivity contribution in [2.45, 2.75) is 38.3 Å². The molecule has 0 N–H and O–H groups in total. The smallest absolute Gasteiger partial charge is 0.339 e. The highest BCUT2D eigenvalue weighted by atomic mass is 19.4. The van der Waals surface area contributed by atoms with Crippen molar-refractivity contribution in [3.8, 4) is 0 Å². The number of carbonyl (C=O) groups excluding carboxylic acids is 2. The van der Waals surface area contributed by atoms with E-state index in [4.69, 9.17) is 0 Å². The molecule has 0 unspecified atom stereocenters.